The van der Waals surface area contributed by atoms with Crippen molar-refractivity contribution in [2.45, 2.75) is 121 Å². The number of nitrogens with one attached hydrogen (secondary N) is 4. The van der Waals surface area contributed by atoms with E-state index in [4.69, 9.17) is 115 Å². The number of rotatable bonds is 17. The van der Waals surface area contributed by atoms with Gasteiger partial charge in [0.15, 0.2) is 23.1 Å². The molecule has 4 aliphatic rings. The second kappa shape index (κ2) is 37.4. The Hall–Kier alpha value is -7.55. The molecule has 8 aromatic heterocycles. The summed E-state index contributed by atoms with van der Waals surface area (Å²) in [7, 11) is 0. The molecule has 12 aromatic rings. The Morgan fingerprint density at radius 2 is 0.864 bits per heavy atom. The number of nitrogens with zero attached hydrogens (tertiary/aromatic N) is 14. The number of aromatic nitrogens is 8. The van der Waals surface area contributed by atoms with E-state index < -0.39 is 116 Å². The van der Waals surface area contributed by atoms with E-state index in [1.165, 1.54) is 57.4 Å². The van der Waals surface area contributed by atoms with Crippen molar-refractivity contribution in [1.82, 2.24) is 59.5 Å². The molecule has 4 saturated heterocycles. The van der Waals surface area contributed by atoms with Crippen molar-refractivity contribution in [2.24, 2.45) is 0 Å². The van der Waals surface area contributed by atoms with Gasteiger partial charge < -0.3 is 21.2 Å². The largest absolute Gasteiger partial charge is 0.367 e. The third kappa shape index (κ3) is 20.8. The molecule has 0 amide bonds. The molecule has 0 radical (unpaired) electrons. The molecule has 4 aromatic carbocycles. The lowest BCUT2D eigenvalue weighted by molar-refractivity contribution is 0.211. The molecule has 0 aliphatic carbocycles. The summed E-state index contributed by atoms with van der Waals surface area (Å²) in [6.07, 6.45) is -3.21. The van der Waals surface area contributed by atoms with Gasteiger partial charge in [0.1, 0.15) is 94.4 Å². The van der Waals surface area contributed by atoms with Crippen molar-refractivity contribution in [3.8, 4) is 12.1 Å². The van der Waals surface area contributed by atoms with Crippen molar-refractivity contribution in [3.63, 3.8) is 0 Å². The molecule has 2 atom stereocenters. The van der Waals surface area contributed by atoms with Gasteiger partial charge in [-0.2, -0.15) is 10.5 Å². The van der Waals surface area contributed by atoms with Crippen LogP contribution in [0.15, 0.2) is 110 Å². The molecule has 18 nitrogen and oxygen atoms in total. The van der Waals surface area contributed by atoms with Gasteiger partial charge in [-0.1, -0.05) is 95.6 Å². The number of anilines is 4. The predicted octanol–water partition coefficient (Wildman–Crippen LogP) is 20.6. The molecule has 4 fully saturated rings. The number of halogens is 11. The highest BCUT2D eigenvalue weighted by Gasteiger charge is 2.27. The molecule has 12 heterocycles. The van der Waals surface area contributed by atoms with E-state index in [2.05, 4.69) is 39.9 Å². The van der Waals surface area contributed by atoms with Crippen molar-refractivity contribution >= 4 is 179 Å². The lowest BCUT2D eigenvalue weighted by Crippen LogP contribution is -2.38. The summed E-state index contributed by atoms with van der Waals surface area (Å²) in [4.78, 5) is 39.7. The van der Waals surface area contributed by atoms with Gasteiger partial charge in [-0.3, -0.25) is 19.6 Å². The SMILES string of the molecule is [2H]c1c(C([2H])(C)C)sc2ncnc(N([2H])C3([2H])C([2H])([2H])CN(C([2H])c4ccc(F)c(Cl)c4)CC3([2H])[2H])c12.[2H]c1c(Cl)sc2ncnc(N([2H])C3([2H])CCN(C([2H])c4ccc(F)c(Cl)c4)CC3)c12.[2H]c1nc(N([2H])C2([2H])CCN(C([2H])([2H])c3cc(Cl)c(F)c(C#N)c3)CC2)c2c([2H])c(Cl)sc2n1.[2H]c1nc(N([2H])C2([2H])CCN(C([2H])([2H])c3cc(F)c(F)c(C#N)c3)CC2)c2c([2H])c(Cl)sc2n1. The first kappa shape index (κ1) is 54.2. The highest BCUT2D eigenvalue weighted by atomic mass is 35.5. The summed E-state index contributed by atoms with van der Waals surface area (Å²) in [6, 6.07) is 7.44. The van der Waals surface area contributed by atoms with Crippen molar-refractivity contribution in [1.29, 1.82) is 10.5 Å². The van der Waals surface area contributed by atoms with Crippen LogP contribution in [0, 0.1) is 51.7 Å². The van der Waals surface area contributed by atoms with E-state index in [0.717, 1.165) is 91.9 Å². The maximum atomic E-state index is 13.9. The lowest BCUT2D eigenvalue weighted by atomic mass is 10.0. The summed E-state index contributed by atoms with van der Waals surface area (Å²) in [5.74, 6) is -6.27. The average molecular weight is 1710 g/mol. The molecule has 2 unspecified atom stereocenters. The summed E-state index contributed by atoms with van der Waals surface area (Å²) >= 11 is 39.8. The Balaban J connectivity index is 0.000000153. The third-order valence-corrected chi connectivity index (χ3v) is 22.0. The summed E-state index contributed by atoms with van der Waals surface area (Å²) in [5.41, 5.74) is -0.396. The van der Waals surface area contributed by atoms with Gasteiger partial charge in [-0.15, -0.1) is 45.3 Å². The van der Waals surface area contributed by atoms with Crippen LogP contribution in [0.3, 0.4) is 0 Å². The minimum Gasteiger partial charge on any atom is -0.367 e. The third-order valence-electron chi connectivity index (χ3n) is 16.6. The Labute approximate surface area is 713 Å². The van der Waals surface area contributed by atoms with Crippen molar-refractivity contribution in [2.75, 3.05) is 73.6 Å². The number of fused-ring (bicyclic) bond motifs is 4. The van der Waals surface area contributed by atoms with Gasteiger partial charge in [0.2, 0.25) is 0 Å². The summed E-state index contributed by atoms with van der Waals surface area (Å²) < 4.78 is 282. The number of likely N-dealkylation sites (tertiary alicyclic amines) is 4. The van der Waals surface area contributed by atoms with Crippen LogP contribution >= 0.6 is 115 Å². The molecule has 0 spiro atoms. The van der Waals surface area contributed by atoms with E-state index in [0.29, 0.717) is 45.1 Å². The van der Waals surface area contributed by atoms with Crippen LogP contribution in [-0.4, -0.2) is 136 Å². The quantitative estimate of drug-likeness (QED) is 0.0624. The molecule has 110 heavy (non-hydrogen) atoms. The summed E-state index contributed by atoms with van der Waals surface area (Å²) in [5, 5.41) is 21.3. The minimum atomic E-state index is -2.84. The van der Waals surface area contributed by atoms with Crippen LogP contribution in [0.25, 0.3) is 40.9 Å². The van der Waals surface area contributed by atoms with E-state index >= 15 is 0 Å². The van der Waals surface area contributed by atoms with E-state index in [-0.39, 0.29) is 206 Å². The molecule has 0 saturated carbocycles. The molecule has 4 N–H and O–H groups in total. The zero-order valence-electron chi connectivity index (χ0n) is 82.3. The van der Waals surface area contributed by atoms with Crippen LogP contribution in [0.2, 0.25) is 33.7 Å². The van der Waals surface area contributed by atoms with Gasteiger partial charge in [0, 0.05) is 122 Å². The minimum absolute atomic E-state index is 0.0128. The fourth-order valence-electron chi connectivity index (χ4n) is 11.2. The second-order valence-electron chi connectivity index (χ2n) is 24.4. The first-order valence-corrected chi connectivity index (χ1v) is 38.6. The number of piperidine rings is 4. The lowest BCUT2D eigenvalue weighted by Gasteiger charge is -2.32. The Morgan fingerprint density at radius 1 is 0.482 bits per heavy atom. The number of benzene rings is 4. The normalized spacial score (nSPS) is 22.2. The van der Waals surface area contributed by atoms with Crippen LogP contribution in [-0.2, 0) is 26.0 Å². The van der Waals surface area contributed by atoms with Gasteiger partial charge >= 0.3 is 0 Å². The first-order valence-electron chi connectivity index (χ1n) is 45.5. The Kier molecular flexibility index (Phi) is 18.4. The molecular formula is C77H73Cl6F5N18S4. The number of hydrogen-bond donors (Lipinski definition) is 4. The molecule has 0 bridgehead atoms. The molecule has 572 valence electrons. The van der Waals surface area contributed by atoms with Crippen LogP contribution in [0.5, 0.6) is 0 Å². The standard InChI is InChI=1S/C21H24ClFN4S.C19H16Cl2FN5S.C19H16ClF2N5S.C18H17Cl2FN4S/c1-13(2)19-10-16-20(24-12-25-21(16)28-19)26-15-5-7-27(8-6-15)11-14-3-4-18(23)17(22)9-14;20-15-6-11(5-12(8-23)17(15)22)9-27-3-1-13(2-4-27)26-18-14-7-16(21)28-19(14)25-10-24-18;20-16-7-14-18(24-10-25-19(14)28-16)26-13-1-3-27(4-2-13)9-11-5-12(8-23)17(22)15(21)6-11;19-14-7-11(1-2-15(14)21)9-25-5-3-12(4-6-25)24-17-13-8-16(20)26-18(13)23-10-22-17/h3-4,9-10,12-13,15H,5-8,11H2,1-2H3,(H,24,25,26);2*5-7,10,13H,1-4,9H2,(H,24,25,26);1-2,7-8,10,12H,3-6,9H2,(H,22,23,24)/i5D2,6D2,10D,11D,13D,15D;2*7D,9D2,10D,13D;8D,9D,12D/hD4. The molecular weight excluding hydrogens is 1610 g/mol. The summed E-state index contributed by atoms with van der Waals surface area (Å²) in [6.45, 7) is -3.56. The molecule has 33 heteroatoms. The zero-order valence-corrected chi connectivity index (χ0v) is 65.1. The van der Waals surface area contributed by atoms with E-state index in [9.17, 15) is 22.0 Å². The molecule has 4 aliphatic heterocycles. The number of hydrogen-bond acceptors (Lipinski definition) is 22. The second-order valence-corrected chi connectivity index (χ2v) is 31.4. The first-order chi connectivity index (χ1) is 62.9. The van der Waals surface area contributed by atoms with Gasteiger partial charge in [0.05, 0.1) is 71.7 Å². The molecule has 16 rings (SSSR count). The monoisotopic (exact) mass is 1710 g/mol. The Bertz CT molecular complexity index is 6430. The Morgan fingerprint density at radius 3 is 1.31 bits per heavy atom. The maximum absolute atomic E-state index is 13.9. The fraction of sp³-hybridized carbons (Fsp3) is 0.351. The fourth-order valence-corrected chi connectivity index (χ4v) is 15.6. The number of thiophene rings is 4. The highest BCUT2D eigenvalue weighted by molar-refractivity contribution is 7.23. The van der Waals surface area contributed by atoms with Crippen molar-refractivity contribution < 1.29 is 56.4 Å². The van der Waals surface area contributed by atoms with E-state index in [1.807, 2.05) is 4.90 Å². The van der Waals surface area contributed by atoms with Crippen LogP contribution in [0.4, 0.5) is 45.2 Å². The van der Waals surface area contributed by atoms with Gasteiger partial charge in [-0.25, -0.2) is 61.8 Å². The number of nitriles is 2. The average Bonchev–Trinajstić information content (AvgIpc) is 1.35. The maximum Gasteiger partial charge on any atom is 0.176 e. The van der Waals surface area contributed by atoms with Crippen LogP contribution < -0.4 is 21.2 Å². The topological polar surface area (TPSA) is 212 Å². The van der Waals surface area contributed by atoms with E-state index in [1.54, 1.807) is 19.9 Å². The van der Waals surface area contributed by atoms with Gasteiger partial charge in [0.25, 0.3) is 0 Å². The highest BCUT2D eigenvalue weighted by Crippen LogP contribution is 2.38. The predicted molar refractivity (Wildman–Crippen MR) is 436 cm³/mol. The van der Waals surface area contributed by atoms with Crippen LogP contribution in [0.1, 0.15) is 138 Å². The van der Waals surface area contributed by atoms with Gasteiger partial charge in [-0.05, 0) is 152 Å². The smallest absolute Gasteiger partial charge is 0.176 e. The van der Waals surface area contributed by atoms with Crippen molar-refractivity contribution in [3.05, 3.63) is 206 Å². The zero-order chi connectivity index (χ0) is 99.3.